The molecule has 0 radical (unpaired) electrons. The number of ether oxygens (including phenoxy) is 1. The fourth-order valence-corrected chi connectivity index (χ4v) is 2.51. The Hall–Kier alpha value is -2.54. The molecule has 110 valence electrons. The molecular formula is C14H13NO5S. The highest BCUT2D eigenvalue weighted by Crippen LogP contribution is 2.22. The number of aromatic carboxylic acids is 1. The number of hydrogen-bond acceptors (Lipinski definition) is 4. The molecule has 0 bridgehead atoms. The monoisotopic (exact) mass is 307 g/mol. The highest BCUT2D eigenvalue weighted by molar-refractivity contribution is 7.86. The maximum absolute atomic E-state index is 12.1. The van der Waals surface area contributed by atoms with Crippen LogP contribution in [0.25, 0.3) is 0 Å². The van der Waals surface area contributed by atoms with E-state index in [0.717, 1.165) is 0 Å². The number of phenols is 1. The Bertz CT molecular complexity index is 684. The van der Waals surface area contributed by atoms with Crippen LogP contribution in [0.4, 0.5) is 5.69 Å². The second-order valence-electron chi connectivity index (χ2n) is 4.08. The minimum atomic E-state index is -1.64. The standard InChI is InChI=1S/C14H13NO5S/c1-20-10-4-2-9(3-5-10)15-21(19)11-6-7-13(16)12(8-11)14(17)18/h2-8,15-16H,1H3,(H,17,18). The lowest BCUT2D eigenvalue weighted by molar-refractivity contribution is 0.0693. The Morgan fingerprint density at radius 1 is 1.19 bits per heavy atom. The molecule has 2 aromatic rings. The van der Waals surface area contributed by atoms with Gasteiger partial charge < -0.3 is 19.7 Å². The number of nitrogens with one attached hydrogen (secondary N) is 1. The van der Waals surface area contributed by atoms with Crippen molar-refractivity contribution >= 4 is 22.6 Å². The van der Waals surface area contributed by atoms with Gasteiger partial charge >= 0.3 is 5.97 Å². The normalized spacial score (nSPS) is 11.7. The van der Waals surface area contributed by atoms with Crippen molar-refractivity contribution in [2.24, 2.45) is 0 Å². The van der Waals surface area contributed by atoms with Crippen molar-refractivity contribution in [1.82, 2.24) is 0 Å². The van der Waals surface area contributed by atoms with Crippen LogP contribution in [0.5, 0.6) is 11.5 Å². The van der Waals surface area contributed by atoms with Gasteiger partial charge in [-0.05, 0) is 42.5 Å². The van der Waals surface area contributed by atoms with Crippen LogP contribution in [0.2, 0.25) is 0 Å². The fraction of sp³-hybridized carbons (Fsp3) is 0.0714. The number of rotatable bonds is 5. The zero-order valence-electron chi connectivity index (χ0n) is 11.1. The lowest BCUT2D eigenvalue weighted by Crippen LogP contribution is -2.06. The number of methoxy groups -OCH3 is 1. The molecule has 0 saturated carbocycles. The van der Waals surface area contributed by atoms with Crippen molar-refractivity contribution < 1.29 is 24.0 Å². The van der Waals surface area contributed by atoms with Gasteiger partial charge in [0.25, 0.3) is 0 Å². The minimum Gasteiger partial charge on any atom is -0.507 e. The molecule has 6 nitrogen and oxygen atoms in total. The van der Waals surface area contributed by atoms with Gasteiger partial charge in [-0.15, -0.1) is 0 Å². The zero-order valence-corrected chi connectivity index (χ0v) is 11.9. The van der Waals surface area contributed by atoms with Gasteiger partial charge in [0.05, 0.1) is 12.0 Å². The number of carboxylic acid groups (broad SMARTS) is 1. The predicted molar refractivity (Wildman–Crippen MR) is 78.1 cm³/mol. The molecule has 0 amide bonds. The highest BCUT2D eigenvalue weighted by Gasteiger charge is 2.13. The van der Waals surface area contributed by atoms with Gasteiger partial charge in [-0.25, -0.2) is 9.00 Å². The molecular weight excluding hydrogens is 294 g/mol. The first-order chi connectivity index (χ1) is 10.0. The summed E-state index contributed by atoms with van der Waals surface area (Å²) in [5.74, 6) is -0.979. The van der Waals surface area contributed by atoms with Crippen LogP contribution in [0.3, 0.4) is 0 Å². The maximum atomic E-state index is 12.1. The summed E-state index contributed by atoms with van der Waals surface area (Å²) in [6, 6.07) is 10.6. The predicted octanol–water partition coefficient (Wildman–Crippen LogP) is 2.23. The summed E-state index contributed by atoms with van der Waals surface area (Å²) in [7, 11) is -0.0972. The van der Waals surface area contributed by atoms with Crippen molar-refractivity contribution in [3.63, 3.8) is 0 Å². The number of carboxylic acids is 1. The molecule has 0 aliphatic carbocycles. The third-order valence-electron chi connectivity index (χ3n) is 2.71. The van der Waals surface area contributed by atoms with E-state index >= 15 is 0 Å². The highest BCUT2D eigenvalue weighted by atomic mass is 32.2. The third kappa shape index (κ3) is 3.51. The van der Waals surface area contributed by atoms with Crippen LogP contribution < -0.4 is 9.46 Å². The first kappa shape index (κ1) is 14.9. The van der Waals surface area contributed by atoms with Gasteiger partial charge in [-0.2, -0.15) is 0 Å². The summed E-state index contributed by atoms with van der Waals surface area (Å²) in [5.41, 5.74) is 0.302. The van der Waals surface area contributed by atoms with E-state index in [1.807, 2.05) is 0 Å². The van der Waals surface area contributed by atoms with Crippen LogP contribution in [-0.4, -0.2) is 27.5 Å². The summed E-state index contributed by atoms with van der Waals surface area (Å²) in [6.07, 6.45) is 0. The van der Waals surface area contributed by atoms with E-state index in [2.05, 4.69) is 4.72 Å². The van der Waals surface area contributed by atoms with Gasteiger partial charge in [0.15, 0.2) is 0 Å². The van der Waals surface area contributed by atoms with Crippen molar-refractivity contribution in [2.45, 2.75) is 4.90 Å². The topological polar surface area (TPSA) is 95.9 Å². The lowest BCUT2D eigenvalue weighted by atomic mass is 10.2. The molecule has 2 rings (SSSR count). The Balaban J connectivity index is 2.19. The van der Waals surface area contributed by atoms with Crippen LogP contribution in [-0.2, 0) is 11.0 Å². The van der Waals surface area contributed by atoms with Crippen LogP contribution in [0.15, 0.2) is 47.4 Å². The first-order valence-corrected chi connectivity index (χ1v) is 7.05. The number of anilines is 1. The second kappa shape index (κ2) is 6.27. The van der Waals surface area contributed by atoms with Gasteiger partial charge in [-0.1, -0.05) is 0 Å². The van der Waals surface area contributed by atoms with Gasteiger partial charge in [0.2, 0.25) is 0 Å². The molecule has 0 heterocycles. The number of aromatic hydroxyl groups is 1. The molecule has 2 aromatic carbocycles. The number of benzene rings is 2. The van der Waals surface area contributed by atoms with E-state index in [9.17, 15) is 14.1 Å². The molecule has 0 spiro atoms. The molecule has 1 unspecified atom stereocenters. The fourth-order valence-electron chi connectivity index (χ4n) is 1.63. The summed E-state index contributed by atoms with van der Waals surface area (Å²) < 4.78 is 19.9. The van der Waals surface area contributed by atoms with Crippen molar-refractivity contribution in [3.05, 3.63) is 48.0 Å². The summed E-state index contributed by atoms with van der Waals surface area (Å²) >= 11 is 0. The molecule has 3 N–H and O–H groups in total. The Labute approximate surface area is 123 Å². The van der Waals surface area contributed by atoms with E-state index < -0.39 is 17.0 Å². The van der Waals surface area contributed by atoms with Crippen molar-refractivity contribution in [3.8, 4) is 11.5 Å². The summed E-state index contributed by atoms with van der Waals surface area (Å²) in [4.78, 5) is 11.2. The first-order valence-electron chi connectivity index (χ1n) is 5.90. The molecule has 0 aliphatic rings. The van der Waals surface area contributed by atoms with Crippen molar-refractivity contribution in [2.75, 3.05) is 11.8 Å². The molecule has 7 heteroatoms. The average Bonchev–Trinajstić information content (AvgIpc) is 2.48. The van der Waals surface area contributed by atoms with Crippen LogP contribution in [0, 0.1) is 0 Å². The molecule has 0 saturated heterocycles. The Morgan fingerprint density at radius 2 is 1.86 bits per heavy atom. The van der Waals surface area contributed by atoms with Crippen LogP contribution in [0.1, 0.15) is 10.4 Å². The quantitative estimate of drug-likeness (QED) is 0.787. The molecule has 0 fully saturated rings. The lowest BCUT2D eigenvalue weighted by Gasteiger charge is -2.08. The Kier molecular flexibility index (Phi) is 4.44. The van der Waals surface area contributed by atoms with E-state index in [1.165, 1.54) is 18.2 Å². The third-order valence-corrected chi connectivity index (χ3v) is 3.82. The largest absolute Gasteiger partial charge is 0.507 e. The summed E-state index contributed by atoms with van der Waals surface area (Å²) in [5, 5.41) is 18.3. The minimum absolute atomic E-state index is 0.251. The Morgan fingerprint density at radius 3 is 2.43 bits per heavy atom. The average molecular weight is 307 g/mol. The number of carbonyl (C=O) groups is 1. The van der Waals surface area contributed by atoms with E-state index in [0.29, 0.717) is 11.4 Å². The van der Waals surface area contributed by atoms with Gasteiger partial charge in [0.1, 0.15) is 28.0 Å². The molecule has 1 atom stereocenters. The number of hydrogen-bond donors (Lipinski definition) is 3. The van der Waals surface area contributed by atoms with E-state index in [-0.39, 0.29) is 16.2 Å². The second-order valence-corrected chi connectivity index (χ2v) is 5.30. The van der Waals surface area contributed by atoms with E-state index in [1.54, 1.807) is 31.4 Å². The zero-order chi connectivity index (χ0) is 15.4. The van der Waals surface area contributed by atoms with Gasteiger partial charge in [-0.3, -0.25) is 0 Å². The SMILES string of the molecule is COc1ccc(NS(=O)c2ccc(O)c(C(=O)O)c2)cc1. The van der Waals surface area contributed by atoms with Crippen molar-refractivity contribution in [1.29, 1.82) is 0 Å². The molecule has 0 aromatic heterocycles. The molecule has 21 heavy (non-hydrogen) atoms. The van der Waals surface area contributed by atoms with Gasteiger partial charge in [0, 0.05) is 5.69 Å². The smallest absolute Gasteiger partial charge is 0.339 e. The molecule has 0 aliphatic heterocycles. The maximum Gasteiger partial charge on any atom is 0.339 e. The van der Waals surface area contributed by atoms with E-state index in [4.69, 9.17) is 9.84 Å². The summed E-state index contributed by atoms with van der Waals surface area (Å²) in [6.45, 7) is 0. The van der Waals surface area contributed by atoms with Crippen LogP contribution >= 0.6 is 0 Å².